The highest BCUT2D eigenvalue weighted by atomic mass is 19.1. The zero-order valence-electron chi connectivity index (χ0n) is 10.0. The van der Waals surface area contributed by atoms with E-state index >= 15 is 0 Å². The van der Waals surface area contributed by atoms with Crippen molar-refractivity contribution in [2.24, 2.45) is 0 Å². The largest absolute Gasteiger partial charge is 0.481 e. The number of carbonyl (C=O) groups excluding carboxylic acids is 1. The van der Waals surface area contributed by atoms with Crippen molar-refractivity contribution in [2.45, 2.75) is 19.4 Å². The number of aryl methyl sites for hydroxylation is 1. The fourth-order valence-electron chi connectivity index (χ4n) is 1.41. The third-order valence-electron chi connectivity index (χ3n) is 2.35. The monoisotopic (exact) mass is 269 g/mol. The summed E-state index contributed by atoms with van der Waals surface area (Å²) in [6.07, 6.45) is -0.783. The van der Waals surface area contributed by atoms with Crippen molar-refractivity contribution >= 4 is 17.8 Å². The van der Waals surface area contributed by atoms with Crippen LogP contribution in [-0.4, -0.2) is 34.1 Å². The summed E-state index contributed by atoms with van der Waals surface area (Å²) < 4.78 is 13.5. The molecule has 0 saturated carbocycles. The van der Waals surface area contributed by atoms with Crippen LogP contribution in [0.4, 0.5) is 4.39 Å². The van der Waals surface area contributed by atoms with Crippen molar-refractivity contribution < 1.29 is 29.0 Å². The molecule has 0 heterocycles. The van der Waals surface area contributed by atoms with Gasteiger partial charge >= 0.3 is 11.9 Å². The molecule has 0 fully saturated rings. The average molecular weight is 269 g/mol. The summed E-state index contributed by atoms with van der Waals surface area (Å²) in [5.41, 5.74) is 0.275. The van der Waals surface area contributed by atoms with E-state index in [0.717, 1.165) is 6.07 Å². The minimum absolute atomic E-state index is 0.331. The second kappa shape index (κ2) is 5.94. The molecule has 1 amide bonds. The first-order valence-corrected chi connectivity index (χ1v) is 5.33. The van der Waals surface area contributed by atoms with Gasteiger partial charge in [0.2, 0.25) is 0 Å². The van der Waals surface area contributed by atoms with Crippen LogP contribution in [0.3, 0.4) is 0 Å². The first-order chi connectivity index (χ1) is 8.81. The van der Waals surface area contributed by atoms with Crippen LogP contribution >= 0.6 is 0 Å². The lowest BCUT2D eigenvalue weighted by Gasteiger charge is -2.12. The molecule has 0 radical (unpaired) electrons. The molecule has 0 aliphatic carbocycles. The minimum Gasteiger partial charge on any atom is -0.481 e. The minimum atomic E-state index is -1.61. The van der Waals surface area contributed by atoms with Crippen LogP contribution in [0.5, 0.6) is 0 Å². The predicted octanol–water partition coefficient (Wildman–Crippen LogP) is 0.792. The summed E-state index contributed by atoms with van der Waals surface area (Å²) in [5, 5.41) is 19.2. The van der Waals surface area contributed by atoms with Crippen molar-refractivity contribution in [3.05, 3.63) is 35.1 Å². The van der Waals surface area contributed by atoms with Gasteiger partial charge in [-0.1, -0.05) is 6.07 Å². The lowest BCUT2D eigenvalue weighted by molar-refractivity contribution is -0.145. The van der Waals surface area contributed by atoms with Gasteiger partial charge in [-0.3, -0.25) is 9.59 Å². The number of nitrogens with one attached hydrogen (secondary N) is 1. The van der Waals surface area contributed by atoms with E-state index in [4.69, 9.17) is 10.2 Å². The fraction of sp³-hybridized carbons (Fsp3) is 0.250. The molecule has 1 rings (SSSR count). The van der Waals surface area contributed by atoms with Gasteiger partial charge in [0, 0.05) is 0 Å². The van der Waals surface area contributed by atoms with E-state index in [-0.39, 0.29) is 5.56 Å². The maximum atomic E-state index is 13.5. The van der Waals surface area contributed by atoms with Crippen molar-refractivity contribution in [1.82, 2.24) is 5.32 Å². The number of carboxylic acid groups (broad SMARTS) is 2. The van der Waals surface area contributed by atoms with E-state index in [2.05, 4.69) is 0 Å². The number of benzene rings is 1. The third kappa shape index (κ3) is 4.06. The molecule has 1 atom stereocenters. The number of hydrogen-bond acceptors (Lipinski definition) is 3. The van der Waals surface area contributed by atoms with Gasteiger partial charge < -0.3 is 15.5 Å². The van der Waals surface area contributed by atoms with Gasteiger partial charge in [0.05, 0.1) is 12.0 Å². The number of amides is 1. The van der Waals surface area contributed by atoms with Gasteiger partial charge in [-0.15, -0.1) is 0 Å². The lowest BCUT2D eigenvalue weighted by atomic mass is 10.1. The molecule has 6 nitrogen and oxygen atoms in total. The molecule has 19 heavy (non-hydrogen) atoms. The summed E-state index contributed by atoms with van der Waals surface area (Å²) in [4.78, 5) is 32.9. The summed E-state index contributed by atoms with van der Waals surface area (Å²) in [7, 11) is 0. The number of halogens is 1. The van der Waals surface area contributed by atoms with E-state index in [1.165, 1.54) is 12.1 Å². The molecule has 0 aliphatic heterocycles. The van der Waals surface area contributed by atoms with Gasteiger partial charge in [-0.2, -0.15) is 0 Å². The zero-order valence-corrected chi connectivity index (χ0v) is 10.0. The highest BCUT2D eigenvalue weighted by molar-refractivity contribution is 5.97. The van der Waals surface area contributed by atoms with E-state index in [1.807, 2.05) is 5.32 Å². The maximum Gasteiger partial charge on any atom is 0.326 e. The Morgan fingerprint density at radius 2 is 1.95 bits per heavy atom. The number of carboxylic acids is 2. The Hall–Kier alpha value is -2.44. The first kappa shape index (κ1) is 14.6. The average Bonchev–Trinajstić information content (AvgIpc) is 2.26. The maximum absolute atomic E-state index is 13.5. The Morgan fingerprint density at radius 3 is 2.42 bits per heavy atom. The van der Waals surface area contributed by atoms with E-state index in [0.29, 0.717) is 5.56 Å². The number of rotatable bonds is 5. The van der Waals surface area contributed by atoms with E-state index < -0.39 is 36.1 Å². The second-order valence-electron chi connectivity index (χ2n) is 3.95. The molecule has 1 aromatic carbocycles. The van der Waals surface area contributed by atoms with Gasteiger partial charge in [-0.25, -0.2) is 9.18 Å². The first-order valence-electron chi connectivity index (χ1n) is 5.33. The number of carbonyl (C=O) groups is 3. The molecule has 3 N–H and O–H groups in total. The molecular formula is C12H12FNO5. The van der Waals surface area contributed by atoms with Crippen LogP contribution in [0, 0.1) is 12.7 Å². The van der Waals surface area contributed by atoms with Crippen molar-refractivity contribution in [3.63, 3.8) is 0 Å². The van der Waals surface area contributed by atoms with Crippen LogP contribution in [0.15, 0.2) is 18.2 Å². The predicted molar refractivity (Wildman–Crippen MR) is 62.3 cm³/mol. The Morgan fingerprint density at radius 1 is 1.32 bits per heavy atom. The molecule has 7 heteroatoms. The fourth-order valence-corrected chi connectivity index (χ4v) is 1.41. The van der Waals surface area contributed by atoms with E-state index in [9.17, 15) is 18.8 Å². The smallest absolute Gasteiger partial charge is 0.326 e. The summed E-state index contributed by atoms with van der Waals surface area (Å²) in [6, 6.07) is 2.22. The third-order valence-corrected chi connectivity index (χ3v) is 2.35. The molecule has 102 valence electrons. The van der Waals surface area contributed by atoms with Crippen molar-refractivity contribution in [2.75, 3.05) is 0 Å². The van der Waals surface area contributed by atoms with Gasteiger partial charge in [0.1, 0.15) is 11.9 Å². The summed E-state index contributed by atoms with van der Waals surface area (Å²) in [5.74, 6) is -4.64. The number of hydrogen-bond donors (Lipinski definition) is 3. The molecule has 1 aromatic rings. The van der Waals surface area contributed by atoms with Crippen LogP contribution in [0.25, 0.3) is 0 Å². The molecule has 0 aromatic heterocycles. The van der Waals surface area contributed by atoms with Crippen LogP contribution in [-0.2, 0) is 9.59 Å². The Kier molecular flexibility index (Phi) is 4.57. The molecule has 0 aliphatic rings. The quantitative estimate of drug-likeness (QED) is 0.733. The summed E-state index contributed by atoms with van der Waals surface area (Å²) in [6.45, 7) is 1.63. The summed E-state index contributed by atoms with van der Waals surface area (Å²) >= 11 is 0. The molecular weight excluding hydrogens is 257 g/mol. The van der Waals surface area contributed by atoms with Crippen LogP contribution in [0.1, 0.15) is 22.3 Å². The van der Waals surface area contributed by atoms with Gasteiger partial charge in [0.25, 0.3) is 5.91 Å². The Balaban J connectivity index is 2.87. The van der Waals surface area contributed by atoms with Gasteiger partial charge in [0.15, 0.2) is 0 Å². The van der Waals surface area contributed by atoms with Crippen LogP contribution in [0.2, 0.25) is 0 Å². The molecule has 0 saturated heterocycles. The normalized spacial score (nSPS) is 11.7. The molecule has 0 spiro atoms. The topological polar surface area (TPSA) is 104 Å². The number of aliphatic carboxylic acids is 2. The Bertz CT molecular complexity index is 529. The zero-order chi connectivity index (χ0) is 14.6. The Labute approximate surface area is 107 Å². The standard InChI is InChI=1S/C12H12FNO5/c1-6-2-3-7(8(13)4-6)11(17)14-9(12(18)19)5-10(15)16/h2-4,9H,5H2,1H3,(H,14,17)(H,15,16)(H,18,19)/t9-/m0/s1. The highest BCUT2D eigenvalue weighted by Gasteiger charge is 2.24. The second-order valence-corrected chi connectivity index (χ2v) is 3.95. The van der Waals surface area contributed by atoms with Crippen LogP contribution < -0.4 is 5.32 Å². The molecule has 0 bridgehead atoms. The lowest BCUT2D eigenvalue weighted by Crippen LogP contribution is -2.42. The van der Waals surface area contributed by atoms with E-state index in [1.54, 1.807) is 6.92 Å². The SMILES string of the molecule is Cc1ccc(C(=O)N[C@@H](CC(=O)O)C(=O)O)c(F)c1. The van der Waals surface area contributed by atoms with Crippen molar-refractivity contribution in [1.29, 1.82) is 0 Å². The molecule has 0 unspecified atom stereocenters. The van der Waals surface area contributed by atoms with Crippen molar-refractivity contribution in [3.8, 4) is 0 Å². The van der Waals surface area contributed by atoms with Gasteiger partial charge in [-0.05, 0) is 24.6 Å². The highest BCUT2D eigenvalue weighted by Crippen LogP contribution is 2.10.